The highest BCUT2D eigenvalue weighted by molar-refractivity contribution is 6.02. The first-order valence-electron chi connectivity index (χ1n) is 7.81. The molecule has 0 aliphatic heterocycles. The highest BCUT2D eigenvalue weighted by Crippen LogP contribution is 2.27. The number of anilines is 1. The minimum atomic E-state index is -0.674. The van der Waals surface area contributed by atoms with Crippen molar-refractivity contribution in [3.63, 3.8) is 0 Å². The Bertz CT molecular complexity index is 732. The molecule has 0 aliphatic carbocycles. The van der Waals surface area contributed by atoms with Crippen LogP contribution in [0.25, 0.3) is 10.9 Å². The molecule has 6 heteroatoms. The number of hydrogen-bond donors (Lipinski definition) is 0. The lowest BCUT2D eigenvalue weighted by Crippen LogP contribution is -2.40. The Morgan fingerprint density at radius 2 is 1.92 bits per heavy atom. The Kier molecular flexibility index (Phi) is 5.39. The van der Waals surface area contributed by atoms with Gasteiger partial charge < -0.3 is 9.47 Å². The zero-order chi connectivity index (χ0) is 17.7. The van der Waals surface area contributed by atoms with Crippen molar-refractivity contribution >= 4 is 28.7 Å². The Balaban J connectivity index is 2.44. The third kappa shape index (κ3) is 4.44. The van der Waals surface area contributed by atoms with Gasteiger partial charge in [-0.15, -0.1) is 0 Å². The molecule has 0 aliphatic rings. The molecule has 0 saturated carbocycles. The lowest BCUT2D eigenvalue weighted by molar-refractivity contribution is -0.141. The van der Waals surface area contributed by atoms with E-state index in [2.05, 4.69) is 4.98 Å². The van der Waals surface area contributed by atoms with E-state index in [1.807, 2.05) is 12.1 Å². The highest BCUT2D eigenvalue weighted by Gasteiger charge is 2.27. The average molecular weight is 330 g/mol. The van der Waals surface area contributed by atoms with Crippen LogP contribution in [0.5, 0.6) is 0 Å². The van der Waals surface area contributed by atoms with Crippen molar-refractivity contribution in [2.24, 2.45) is 0 Å². The molecule has 1 amide bonds. The molecule has 1 heterocycles. The molecule has 0 atom stereocenters. The lowest BCUT2D eigenvalue weighted by Gasteiger charge is -2.27. The summed E-state index contributed by atoms with van der Waals surface area (Å²) < 4.78 is 10.4. The molecule has 6 nitrogen and oxygen atoms in total. The van der Waals surface area contributed by atoms with Crippen LogP contribution >= 0.6 is 0 Å². The van der Waals surface area contributed by atoms with Gasteiger partial charge in [-0.3, -0.25) is 14.7 Å². The van der Waals surface area contributed by atoms with Gasteiger partial charge in [0.2, 0.25) is 0 Å². The summed E-state index contributed by atoms with van der Waals surface area (Å²) in [5, 5.41) is 0.759. The second-order valence-corrected chi connectivity index (χ2v) is 6.22. The maximum Gasteiger partial charge on any atom is 0.415 e. The summed E-state index contributed by atoms with van der Waals surface area (Å²) in [5.41, 5.74) is 0.614. The summed E-state index contributed by atoms with van der Waals surface area (Å²) in [6, 6.07) is 9.01. The molecular weight excluding hydrogens is 308 g/mol. The van der Waals surface area contributed by atoms with Gasteiger partial charge in [0.25, 0.3) is 0 Å². The Labute approximate surface area is 141 Å². The third-order valence-electron chi connectivity index (χ3n) is 3.12. The Morgan fingerprint density at radius 1 is 1.17 bits per heavy atom. The number of esters is 1. The number of carbonyl (C=O) groups excluding carboxylic acids is 2. The summed E-state index contributed by atoms with van der Waals surface area (Å²) in [5.74, 6) is -0.496. The number of fused-ring (bicyclic) bond motifs is 1. The molecular formula is C18H22N2O4. The standard InChI is InChI=1S/C18H22N2O4/c1-5-23-16(21)12-20(17(22)24-18(2,3)4)15-10-6-9-14-13(15)8-7-11-19-14/h6-11H,5,12H2,1-4H3. The van der Waals surface area contributed by atoms with Gasteiger partial charge in [0.05, 0.1) is 17.8 Å². The van der Waals surface area contributed by atoms with Crippen LogP contribution in [0.15, 0.2) is 36.5 Å². The van der Waals surface area contributed by atoms with Crippen LogP contribution in [0.2, 0.25) is 0 Å². The number of nitrogens with zero attached hydrogens (tertiary/aromatic N) is 2. The van der Waals surface area contributed by atoms with Crippen LogP contribution in [-0.4, -0.2) is 35.8 Å². The van der Waals surface area contributed by atoms with Gasteiger partial charge in [0, 0.05) is 11.6 Å². The molecule has 0 bridgehead atoms. The molecule has 128 valence electrons. The highest BCUT2D eigenvalue weighted by atomic mass is 16.6. The van der Waals surface area contributed by atoms with E-state index in [0.717, 1.165) is 10.9 Å². The number of ether oxygens (including phenoxy) is 2. The lowest BCUT2D eigenvalue weighted by atomic mass is 10.1. The van der Waals surface area contributed by atoms with E-state index >= 15 is 0 Å². The summed E-state index contributed by atoms with van der Waals surface area (Å²) >= 11 is 0. The van der Waals surface area contributed by atoms with Gasteiger partial charge in [-0.05, 0) is 52.0 Å². The first kappa shape index (κ1) is 17.7. The SMILES string of the molecule is CCOC(=O)CN(C(=O)OC(C)(C)C)c1cccc2ncccc12. The number of aromatic nitrogens is 1. The fourth-order valence-electron chi connectivity index (χ4n) is 2.22. The Morgan fingerprint density at radius 3 is 2.58 bits per heavy atom. The van der Waals surface area contributed by atoms with Crippen molar-refractivity contribution in [2.75, 3.05) is 18.1 Å². The second-order valence-electron chi connectivity index (χ2n) is 6.22. The van der Waals surface area contributed by atoms with Gasteiger partial charge in [0.1, 0.15) is 12.1 Å². The van der Waals surface area contributed by atoms with E-state index in [-0.39, 0.29) is 13.2 Å². The summed E-state index contributed by atoms with van der Waals surface area (Å²) in [7, 11) is 0. The molecule has 0 saturated heterocycles. The quantitative estimate of drug-likeness (QED) is 0.802. The predicted octanol–water partition coefficient (Wildman–Crippen LogP) is 3.54. The van der Waals surface area contributed by atoms with E-state index in [1.165, 1.54) is 4.90 Å². The van der Waals surface area contributed by atoms with Crippen molar-refractivity contribution in [2.45, 2.75) is 33.3 Å². The molecule has 0 radical (unpaired) electrons. The zero-order valence-corrected chi connectivity index (χ0v) is 14.4. The molecule has 0 spiro atoms. The minimum Gasteiger partial charge on any atom is -0.465 e. The molecule has 1 aromatic carbocycles. The van der Waals surface area contributed by atoms with Crippen molar-refractivity contribution < 1.29 is 19.1 Å². The van der Waals surface area contributed by atoms with Gasteiger partial charge in [0.15, 0.2) is 0 Å². The maximum absolute atomic E-state index is 12.6. The van der Waals surface area contributed by atoms with Crippen molar-refractivity contribution in [1.29, 1.82) is 0 Å². The normalized spacial score (nSPS) is 11.2. The summed E-state index contributed by atoms with van der Waals surface area (Å²) in [6.45, 7) is 7.07. The number of rotatable bonds is 4. The molecule has 2 rings (SSSR count). The van der Waals surface area contributed by atoms with E-state index in [9.17, 15) is 9.59 Å². The number of benzene rings is 1. The first-order valence-corrected chi connectivity index (χ1v) is 7.81. The fraction of sp³-hybridized carbons (Fsp3) is 0.389. The smallest absolute Gasteiger partial charge is 0.415 e. The zero-order valence-electron chi connectivity index (χ0n) is 14.4. The van der Waals surface area contributed by atoms with Crippen molar-refractivity contribution in [3.8, 4) is 0 Å². The molecule has 0 unspecified atom stereocenters. The first-order chi connectivity index (χ1) is 11.3. The topological polar surface area (TPSA) is 68.7 Å². The van der Waals surface area contributed by atoms with Crippen molar-refractivity contribution in [1.82, 2.24) is 4.98 Å². The van der Waals surface area contributed by atoms with Crippen molar-refractivity contribution in [3.05, 3.63) is 36.5 Å². The van der Waals surface area contributed by atoms with E-state index in [4.69, 9.17) is 9.47 Å². The van der Waals surface area contributed by atoms with Crippen LogP contribution in [0.1, 0.15) is 27.7 Å². The molecule has 24 heavy (non-hydrogen) atoms. The average Bonchev–Trinajstić information content (AvgIpc) is 2.51. The van der Waals surface area contributed by atoms with Gasteiger partial charge in [-0.2, -0.15) is 0 Å². The Hall–Kier alpha value is -2.63. The third-order valence-corrected chi connectivity index (χ3v) is 3.12. The van der Waals surface area contributed by atoms with Crippen LogP contribution in [0, 0.1) is 0 Å². The number of hydrogen-bond acceptors (Lipinski definition) is 5. The largest absolute Gasteiger partial charge is 0.465 e. The molecule has 1 aromatic heterocycles. The number of carbonyl (C=O) groups is 2. The van der Waals surface area contributed by atoms with Gasteiger partial charge >= 0.3 is 12.1 Å². The molecule has 2 aromatic rings. The van der Waals surface area contributed by atoms with E-state index in [0.29, 0.717) is 5.69 Å². The van der Waals surface area contributed by atoms with Crippen LogP contribution in [0.4, 0.5) is 10.5 Å². The van der Waals surface area contributed by atoms with Gasteiger partial charge in [-0.25, -0.2) is 4.79 Å². The minimum absolute atomic E-state index is 0.225. The fourth-order valence-corrected chi connectivity index (χ4v) is 2.22. The second kappa shape index (κ2) is 7.29. The van der Waals surface area contributed by atoms with Crippen LogP contribution in [-0.2, 0) is 14.3 Å². The molecule has 0 fully saturated rings. The van der Waals surface area contributed by atoms with Crippen LogP contribution in [0.3, 0.4) is 0 Å². The van der Waals surface area contributed by atoms with Crippen LogP contribution < -0.4 is 4.90 Å². The monoisotopic (exact) mass is 330 g/mol. The van der Waals surface area contributed by atoms with E-state index < -0.39 is 17.7 Å². The maximum atomic E-state index is 12.6. The number of pyridine rings is 1. The van der Waals surface area contributed by atoms with Gasteiger partial charge in [-0.1, -0.05) is 6.07 Å². The summed E-state index contributed by atoms with van der Waals surface area (Å²) in [6.07, 6.45) is 1.07. The summed E-state index contributed by atoms with van der Waals surface area (Å²) in [4.78, 5) is 30.1. The predicted molar refractivity (Wildman–Crippen MR) is 92.0 cm³/mol. The number of amides is 1. The molecule has 0 N–H and O–H groups in total. The van der Waals surface area contributed by atoms with E-state index in [1.54, 1.807) is 52.1 Å².